The Bertz CT molecular complexity index is 502. The van der Waals surface area contributed by atoms with Crippen molar-refractivity contribution in [2.45, 2.75) is 31.1 Å². The predicted molar refractivity (Wildman–Crippen MR) is 71.7 cm³/mol. The number of nitrogens with zero attached hydrogens (tertiary/aromatic N) is 2. The van der Waals surface area contributed by atoms with Crippen LogP contribution in [0.25, 0.3) is 0 Å². The normalized spacial score (nSPS) is 20.0. The summed E-state index contributed by atoms with van der Waals surface area (Å²) in [6.07, 6.45) is 0.396. The molecular formula is C14H15ClN2O. The summed E-state index contributed by atoms with van der Waals surface area (Å²) in [5, 5.41) is 8.97. The molecule has 0 spiro atoms. The molecule has 1 aliphatic heterocycles. The van der Waals surface area contributed by atoms with Crippen molar-refractivity contribution >= 4 is 23.2 Å². The highest BCUT2D eigenvalue weighted by atomic mass is 35.5. The molecule has 1 aromatic rings. The van der Waals surface area contributed by atoms with Gasteiger partial charge in [0.1, 0.15) is 0 Å². The van der Waals surface area contributed by atoms with Gasteiger partial charge in [-0.05, 0) is 31.5 Å². The van der Waals surface area contributed by atoms with Gasteiger partial charge in [0, 0.05) is 18.7 Å². The van der Waals surface area contributed by atoms with Crippen LogP contribution in [0.5, 0.6) is 0 Å². The second-order valence-electron chi connectivity index (χ2n) is 5.09. The Kier molecular flexibility index (Phi) is 3.32. The molecule has 0 radical (unpaired) electrons. The number of carbonyl (C=O) groups is 1. The average molecular weight is 263 g/mol. The van der Waals surface area contributed by atoms with Crippen molar-refractivity contribution in [3.05, 3.63) is 29.8 Å². The molecule has 0 saturated carbocycles. The van der Waals surface area contributed by atoms with Crippen LogP contribution in [0, 0.1) is 11.3 Å². The van der Waals surface area contributed by atoms with Crippen molar-refractivity contribution in [3.8, 4) is 6.07 Å². The highest BCUT2D eigenvalue weighted by molar-refractivity contribution is 6.24. The molecule has 1 aromatic carbocycles. The minimum atomic E-state index is -0.511. The van der Waals surface area contributed by atoms with E-state index in [0.717, 1.165) is 11.3 Å². The summed E-state index contributed by atoms with van der Waals surface area (Å²) in [7, 11) is 0. The molecule has 18 heavy (non-hydrogen) atoms. The van der Waals surface area contributed by atoms with Crippen molar-refractivity contribution < 1.29 is 4.79 Å². The SMILES string of the molecule is CC(C)(C#N)c1ccc(N2CC(Cl)CC2=O)cc1. The van der Waals surface area contributed by atoms with Gasteiger partial charge in [-0.15, -0.1) is 11.6 Å². The third kappa shape index (κ3) is 2.34. The summed E-state index contributed by atoms with van der Waals surface area (Å²) in [4.78, 5) is 13.4. The third-order valence-corrected chi connectivity index (χ3v) is 3.55. The maximum atomic E-state index is 11.7. The Hall–Kier alpha value is -1.53. The van der Waals surface area contributed by atoms with Crippen molar-refractivity contribution in [1.82, 2.24) is 0 Å². The van der Waals surface area contributed by atoms with E-state index in [1.54, 1.807) is 4.90 Å². The van der Waals surface area contributed by atoms with E-state index in [-0.39, 0.29) is 11.3 Å². The van der Waals surface area contributed by atoms with E-state index in [4.69, 9.17) is 16.9 Å². The highest BCUT2D eigenvalue weighted by Gasteiger charge is 2.29. The molecule has 1 heterocycles. The number of hydrogen-bond acceptors (Lipinski definition) is 2. The van der Waals surface area contributed by atoms with Gasteiger partial charge < -0.3 is 4.90 Å². The van der Waals surface area contributed by atoms with Gasteiger partial charge in [0.25, 0.3) is 0 Å². The fourth-order valence-corrected chi connectivity index (χ4v) is 2.31. The summed E-state index contributed by atoms with van der Waals surface area (Å²) in [5.41, 5.74) is 1.28. The van der Waals surface area contributed by atoms with E-state index < -0.39 is 5.41 Å². The number of halogens is 1. The Morgan fingerprint density at radius 2 is 2.00 bits per heavy atom. The number of nitriles is 1. The van der Waals surface area contributed by atoms with Crippen molar-refractivity contribution in [3.63, 3.8) is 0 Å². The van der Waals surface area contributed by atoms with Crippen LogP contribution in [0.3, 0.4) is 0 Å². The first-order valence-electron chi connectivity index (χ1n) is 5.90. The van der Waals surface area contributed by atoms with Crippen LogP contribution in [-0.2, 0) is 10.2 Å². The maximum Gasteiger partial charge on any atom is 0.228 e. The second kappa shape index (κ2) is 4.62. The predicted octanol–water partition coefficient (Wildman–Crippen LogP) is 2.83. The van der Waals surface area contributed by atoms with Gasteiger partial charge >= 0.3 is 0 Å². The van der Waals surface area contributed by atoms with E-state index in [0.29, 0.717) is 13.0 Å². The minimum Gasteiger partial charge on any atom is -0.311 e. The monoisotopic (exact) mass is 262 g/mol. The van der Waals surface area contributed by atoms with Crippen LogP contribution in [0.1, 0.15) is 25.8 Å². The summed E-state index contributed by atoms with van der Waals surface area (Å²) >= 11 is 5.97. The molecular weight excluding hydrogens is 248 g/mol. The standard InChI is InChI=1S/C14H15ClN2O/c1-14(2,9-16)10-3-5-12(6-4-10)17-8-11(15)7-13(17)18/h3-6,11H,7-8H2,1-2H3. The first kappa shape index (κ1) is 12.9. The molecule has 1 aliphatic rings. The fourth-order valence-electron chi connectivity index (χ4n) is 2.04. The Morgan fingerprint density at radius 3 is 2.44 bits per heavy atom. The summed E-state index contributed by atoms with van der Waals surface area (Å²) < 4.78 is 0. The molecule has 3 nitrogen and oxygen atoms in total. The zero-order valence-corrected chi connectivity index (χ0v) is 11.2. The Morgan fingerprint density at radius 1 is 1.39 bits per heavy atom. The van der Waals surface area contributed by atoms with Gasteiger partial charge in [0.15, 0.2) is 0 Å². The fraction of sp³-hybridized carbons (Fsp3) is 0.429. The molecule has 1 saturated heterocycles. The molecule has 2 rings (SSSR count). The van der Waals surface area contributed by atoms with Crippen LogP contribution in [-0.4, -0.2) is 17.8 Å². The molecule has 94 valence electrons. The van der Waals surface area contributed by atoms with Crippen LogP contribution in [0.15, 0.2) is 24.3 Å². The number of anilines is 1. The average Bonchev–Trinajstić information content (AvgIpc) is 2.69. The van der Waals surface area contributed by atoms with Crippen molar-refractivity contribution in [1.29, 1.82) is 5.26 Å². The van der Waals surface area contributed by atoms with Gasteiger partial charge in [0.05, 0.1) is 16.9 Å². The number of amides is 1. The lowest BCUT2D eigenvalue weighted by molar-refractivity contribution is -0.117. The number of benzene rings is 1. The first-order chi connectivity index (χ1) is 8.44. The largest absolute Gasteiger partial charge is 0.311 e. The van der Waals surface area contributed by atoms with Gasteiger partial charge in [-0.3, -0.25) is 4.79 Å². The third-order valence-electron chi connectivity index (χ3n) is 3.26. The summed E-state index contributed by atoms with van der Waals surface area (Å²) in [5.74, 6) is 0.0577. The Balaban J connectivity index is 2.24. The van der Waals surface area contributed by atoms with Gasteiger partial charge in [0.2, 0.25) is 5.91 Å². The lowest BCUT2D eigenvalue weighted by atomic mass is 9.86. The number of rotatable bonds is 2. The second-order valence-corrected chi connectivity index (χ2v) is 5.71. The van der Waals surface area contributed by atoms with Crippen LogP contribution in [0.2, 0.25) is 0 Å². The quantitative estimate of drug-likeness (QED) is 0.770. The van der Waals surface area contributed by atoms with E-state index in [1.165, 1.54) is 0 Å². The first-order valence-corrected chi connectivity index (χ1v) is 6.34. The van der Waals surface area contributed by atoms with Crippen molar-refractivity contribution in [2.75, 3.05) is 11.4 Å². The van der Waals surface area contributed by atoms with E-state index in [9.17, 15) is 4.79 Å². The summed E-state index contributed by atoms with van der Waals surface area (Å²) in [6.45, 7) is 4.30. The van der Waals surface area contributed by atoms with Crippen LogP contribution in [0.4, 0.5) is 5.69 Å². The topological polar surface area (TPSA) is 44.1 Å². The van der Waals surface area contributed by atoms with Gasteiger partial charge in [-0.1, -0.05) is 12.1 Å². The summed E-state index contributed by atoms with van der Waals surface area (Å²) in [6, 6.07) is 9.81. The van der Waals surface area contributed by atoms with E-state index >= 15 is 0 Å². The molecule has 0 N–H and O–H groups in total. The Labute approximate surface area is 112 Å². The van der Waals surface area contributed by atoms with Gasteiger partial charge in [-0.2, -0.15) is 5.26 Å². The molecule has 0 bridgehead atoms. The highest BCUT2D eigenvalue weighted by Crippen LogP contribution is 2.28. The molecule has 1 atom stereocenters. The molecule has 1 amide bonds. The zero-order valence-electron chi connectivity index (χ0n) is 10.5. The van der Waals surface area contributed by atoms with Crippen molar-refractivity contribution in [2.24, 2.45) is 0 Å². The van der Waals surface area contributed by atoms with Crippen LogP contribution < -0.4 is 4.90 Å². The lowest BCUT2D eigenvalue weighted by Gasteiger charge is -2.19. The minimum absolute atomic E-state index is 0.0577. The van der Waals surface area contributed by atoms with Crippen LogP contribution >= 0.6 is 11.6 Å². The number of hydrogen-bond donors (Lipinski definition) is 0. The van der Waals surface area contributed by atoms with Gasteiger partial charge in [-0.25, -0.2) is 0 Å². The maximum absolute atomic E-state index is 11.7. The number of alkyl halides is 1. The molecule has 0 aliphatic carbocycles. The molecule has 4 heteroatoms. The zero-order chi connectivity index (χ0) is 13.3. The number of carbonyl (C=O) groups excluding carboxylic acids is 1. The van der Waals surface area contributed by atoms with E-state index in [2.05, 4.69) is 6.07 Å². The molecule has 1 fully saturated rings. The molecule has 1 unspecified atom stereocenters. The molecule has 0 aromatic heterocycles. The smallest absolute Gasteiger partial charge is 0.228 e. The van der Waals surface area contributed by atoms with E-state index in [1.807, 2.05) is 38.1 Å². The lowest BCUT2D eigenvalue weighted by Crippen LogP contribution is -2.24.